The van der Waals surface area contributed by atoms with Crippen LogP contribution in [0.4, 0.5) is 4.39 Å². The summed E-state index contributed by atoms with van der Waals surface area (Å²) >= 11 is 1.23. The van der Waals surface area contributed by atoms with Gasteiger partial charge in [-0.05, 0) is 49.2 Å². The largest absolute Gasteiger partial charge is 0.468 e. The number of ether oxygens (including phenoxy) is 1. The van der Waals surface area contributed by atoms with Gasteiger partial charge in [-0.2, -0.15) is 9.30 Å². The van der Waals surface area contributed by atoms with Gasteiger partial charge in [0, 0.05) is 6.54 Å². The second-order valence-corrected chi connectivity index (χ2v) is 10.1. The van der Waals surface area contributed by atoms with Gasteiger partial charge in [-0.15, -0.1) is 0 Å². The summed E-state index contributed by atoms with van der Waals surface area (Å²) in [5.74, 6) is -1.66. The van der Waals surface area contributed by atoms with Gasteiger partial charge in [0.1, 0.15) is 18.4 Å². The summed E-state index contributed by atoms with van der Waals surface area (Å²) < 4.78 is 47.6. The number of halogens is 1. The van der Waals surface area contributed by atoms with E-state index in [1.807, 2.05) is 18.2 Å². The van der Waals surface area contributed by atoms with E-state index in [-0.39, 0.29) is 22.8 Å². The molecule has 4 rings (SSSR count). The Bertz CT molecular complexity index is 1350. The first-order chi connectivity index (χ1) is 15.3. The van der Waals surface area contributed by atoms with Gasteiger partial charge in [-0.3, -0.25) is 9.59 Å². The third-order valence-corrected chi connectivity index (χ3v) is 8.20. The molecule has 11 heteroatoms. The third kappa shape index (κ3) is 4.23. The van der Waals surface area contributed by atoms with E-state index in [9.17, 15) is 22.4 Å². The van der Waals surface area contributed by atoms with Crippen LogP contribution in [0, 0.1) is 5.82 Å². The number of rotatable bonds is 5. The fraction of sp³-hybridized carbons (Fsp3) is 0.286. The molecule has 8 nitrogen and oxygen atoms in total. The number of nitrogens with zero attached hydrogens (tertiary/aromatic N) is 3. The second-order valence-electron chi connectivity index (χ2n) is 7.19. The van der Waals surface area contributed by atoms with E-state index in [2.05, 4.69) is 4.99 Å². The molecule has 0 aliphatic carbocycles. The van der Waals surface area contributed by atoms with E-state index in [0.29, 0.717) is 12.8 Å². The lowest BCUT2D eigenvalue weighted by Gasteiger charge is -2.21. The molecule has 1 unspecified atom stereocenters. The topological polar surface area (TPSA) is 98.0 Å². The molecule has 1 saturated heterocycles. The third-order valence-electron chi connectivity index (χ3n) is 5.22. The Kier molecular flexibility index (Phi) is 6.22. The molecule has 1 amide bonds. The van der Waals surface area contributed by atoms with Crippen molar-refractivity contribution in [2.45, 2.75) is 30.3 Å². The van der Waals surface area contributed by atoms with Crippen LogP contribution >= 0.6 is 11.3 Å². The van der Waals surface area contributed by atoms with Crippen LogP contribution in [0.1, 0.15) is 12.8 Å². The van der Waals surface area contributed by atoms with Crippen molar-refractivity contribution in [1.29, 1.82) is 0 Å². The maximum Gasteiger partial charge on any atom is 0.325 e. The number of hydrogen-bond donors (Lipinski definition) is 0. The van der Waals surface area contributed by atoms with Crippen molar-refractivity contribution in [2.75, 3.05) is 13.7 Å². The number of thiazole rings is 1. The fourth-order valence-corrected chi connectivity index (χ4v) is 6.32. The average Bonchev–Trinajstić information content (AvgIpc) is 3.40. The van der Waals surface area contributed by atoms with Crippen LogP contribution in [-0.4, -0.2) is 48.9 Å². The molecule has 1 fully saturated rings. The smallest absolute Gasteiger partial charge is 0.325 e. The minimum atomic E-state index is -3.99. The van der Waals surface area contributed by atoms with E-state index in [0.717, 1.165) is 26.7 Å². The highest BCUT2D eigenvalue weighted by molar-refractivity contribution is 7.89. The van der Waals surface area contributed by atoms with Crippen molar-refractivity contribution in [3.05, 3.63) is 59.1 Å². The van der Waals surface area contributed by atoms with Crippen LogP contribution in [-0.2, 0) is 30.9 Å². The zero-order valence-electron chi connectivity index (χ0n) is 17.1. The minimum Gasteiger partial charge on any atom is -0.468 e. The highest BCUT2D eigenvalue weighted by Gasteiger charge is 2.39. The standard InChI is InChI=1S/C21H20FN3O5S2/c1-30-19(26)13-24-16-5-2-3-7-18(16)31-21(24)23-20(27)17-6-4-12-25(17)32(28,29)15-10-8-14(22)9-11-15/h2-3,5,7-11,17H,4,6,12-13H2,1H3. The number of fused-ring (bicyclic) bond motifs is 1. The highest BCUT2D eigenvalue weighted by Crippen LogP contribution is 2.27. The van der Waals surface area contributed by atoms with Gasteiger partial charge in [-0.1, -0.05) is 23.5 Å². The number of amides is 1. The first-order valence-electron chi connectivity index (χ1n) is 9.82. The maximum absolute atomic E-state index is 13.2. The molecule has 3 aromatic rings. The SMILES string of the molecule is COC(=O)Cn1c(=NC(=O)C2CCCN2S(=O)(=O)c2ccc(F)cc2)sc2ccccc21. The molecule has 0 bridgehead atoms. The van der Waals surface area contributed by atoms with Crippen molar-refractivity contribution in [3.8, 4) is 0 Å². The molecule has 0 saturated carbocycles. The van der Waals surface area contributed by atoms with Crippen molar-refractivity contribution < 1.29 is 27.1 Å². The number of para-hydroxylation sites is 1. The summed E-state index contributed by atoms with van der Waals surface area (Å²) in [4.78, 5) is 29.4. The molecule has 2 heterocycles. The Morgan fingerprint density at radius 1 is 1.19 bits per heavy atom. The van der Waals surface area contributed by atoms with E-state index < -0.39 is 33.8 Å². The monoisotopic (exact) mass is 477 g/mol. The zero-order valence-corrected chi connectivity index (χ0v) is 18.7. The number of carbonyl (C=O) groups is 2. The van der Waals surface area contributed by atoms with Gasteiger partial charge < -0.3 is 9.30 Å². The number of methoxy groups -OCH3 is 1. The van der Waals surface area contributed by atoms with Crippen LogP contribution in [0.2, 0.25) is 0 Å². The lowest BCUT2D eigenvalue weighted by Crippen LogP contribution is -2.40. The highest BCUT2D eigenvalue weighted by atomic mass is 32.2. The van der Waals surface area contributed by atoms with Gasteiger partial charge >= 0.3 is 5.97 Å². The number of aromatic nitrogens is 1. The van der Waals surface area contributed by atoms with Crippen LogP contribution < -0.4 is 4.80 Å². The van der Waals surface area contributed by atoms with Crippen LogP contribution in [0.3, 0.4) is 0 Å². The maximum atomic E-state index is 13.2. The van der Waals surface area contributed by atoms with Gasteiger partial charge in [0.15, 0.2) is 4.80 Å². The molecule has 2 aromatic carbocycles. The Morgan fingerprint density at radius 3 is 2.62 bits per heavy atom. The lowest BCUT2D eigenvalue weighted by atomic mass is 10.2. The fourth-order valence-electron chi connectivity index (χ4n) is 3.64. The molecule has 1 aliphatic rings. The molecule has 32 heavy (non-hydrogen) atoms. The summed E-state index contributed by atoms with van der Waals surface area (Å²) in [6.07, 6.45) is 0.825. The summed E-state index contributed by atoms with van der Waals surface area (Å²) in [6, 6.07) is 10.8. The average molecular weight is 478 g/mol. The van der Waals surface area contributed by atoms with Crippen LogP contribution in [0.25, 0.3) is 10.2 Å². The quantitative estimate of drug-likeness (QED) is 0.525. The molecule has 0 radical (unpaired) electrons. The minimum absolute atomic E-state index is 0.0822. The van der Waals surface area contributed by atoms with Crippen LogP contribution in [0.15, 0.2) is 58.4 Å². The Morgan fingerprint density at radius 2 is 1.91 bits per heavy atom. The number of carbonyl (C=O) groups excluding carboxylic acids is 2. The van der Waals surface area contributed by atoms with Gasteiger partial charge in [-0.25, -0.2) is 12.8 Å². The predicted molar refractivity (Wildman–Crippen MR) is 116 cm³/mol. The molecule has 1 aliphatic heterocycles. The first-order valence-corrected chi connectivity index (χ1v) is 12.1. The molecular weight excluding hydrogens is 457 g/mol. The molecule has 1 aromatic heterocycles. The Balaban J connectivity index is 1.71. The van der Waals surface area contributed by atoms with Crippen molar-refractivity contribution >= 4 is 43.5 Å². The number of sulfonamides is 1. The molecule has 0 N–H and O–H groups in total. The van der Waals surface area contributed by atoms with Gasteiger partial charge in [0.25, 0.3) is 5.91 Å². The Hall–Kier alpha value is -2.89. The summed E-state index contributed by atoms with van der Waals surface area (Å²) in [5, 5.41) is 0. The molecule has 168 valence electrons. The van der Waals surface area contributed by atoms with Crippen molar-refractivity contribution in [3.63, 3.8) is 0 Å². The molecule has 0 spiro atoms. The molecule has 1 atom stereocenters. The van der Waals surface area contributed by atoms with E-state index >= 15 is 0 Å². The summed E-state index contributed by atoms with van der Waals surface area (Å²) in [6.45, 7) is 0.0368. The summed E-state index contributed by atoms with van der Waals surface area (Å²) in [7, 11) is -2.72. The van der Waals surface area contributed by atoms with Gasteiger partial charge in [0.2, 0.25) is 10.0 Å². The number of esters is 1. The van der Waals surface area contributed by atoms with E-state index in [1.165, 1.54) is 30.6 Å². The summed E-state index contributed by atoms with van der Waals surface area (Å²) in [5.41, 5.74) is 0.719. The number of benzene rings is 2. The normalized spacial score (nSPS) is 17.7. The van der Waals surface area contributed by atoms with Crippen molar-refractivity contribution in [1.82, 2.24) is 8.87 Å². The first kappa shape index (κ1) is 22.3. The van der Waals surface area contributed by atoms with E-state index in [1.54, 1.807) is 10.6 Å². The number of hydrogen-bond acceptors (Lipinski definition) is 6. The Labute approximate surface area is 187 Å². The van der Waals surface area contributed by atoms with Crippen molar-refractivity contribution in [2.24, 2.45) is 4.99 Å². The van der Waals surface area contributed by atoms with Crippen LogP contribution in [0.5, 0.6) is 0 Å². The zero-order chi connectivity index (χ0) is 22.9. The molecular formula is C21H20FN3O5S2. The van der Waals surface area contributed by atoms with Gasteiger partial charge in [0.05, 0.1) is 22.2 Å². The lowest BCUT2D eigenvalue weighted by molar-refractivity contribution is -0.141. The second kappa shape index (κ2) is 8.93. The predicted octanol–water partition coefficient (Wildman–Crippen LogP) is 2.30. The van der Waals surface area contributed by atoms with E-state index in [4.69, 9.17) is 4.74 Å².